The standard InChI is InChI=1S/C29H50N2O9/c1-22(32)18-19-23(28(37)38)31-26(34)21-20-24(29(39)40)30-25(33)16-14-12-10-8-6-4-2-3-5-7-9-11-13-15-17-27(35)36/h23-24H,2-21H2,1H3,(H,30,33)(H,31,34)(H,35,36)(H,37,38)(H,39,40)/t23?,24-/m0/s1. The first-order valence-corrected chi connectivity index (χ1v) is 14.8. The number of nitrogens with one attached hydrogen (secondary N) is 2. The summed E-state index contributed by atoms with van der Waals surface area (Å²) in [5.74, 6) is -4.49. The molecule has 0 aromatic heterocycles. The van der Waals surface area contributed by atoms with Gasteiger partial charge in [0.15, 0.2) is 0 Å². The van der Waals surface area contributed by atoms with Gasteiger partial charge in [-0.05, 0) is 32.6 Å². The molecule has 0 radical (unpaired) electrons. The van der Waals surface area contributed by atoms with E-state index >= 15 is 0 Å². The molecule has 0 heterocycles. The van der Waals surface area contributed by atoms with E-state index in [0.717, 1.165) is 44.9 Å². The quantitative estimate of drug-likeness (QED) is 0.0879. The highest BCUT2D eigenvalue weighted by Gasteiger charge is 2.24. The summed E-state index contributed by atoms with van der Waals surface area (Å²) >= 11 is 0. The Morgan fingerprint density at radius 2 is 0.800 bits per heavy atom. The van der Waals surface area contributed by atoms with Crippen LogP contribution in [0.1, 0.15) is 135 Å². The van der Waals surface area contributed by atoms with E-state index in [0.29, 0.717) is 6.42 Å². The van der Waals surface area contributed by atoms with Gasteiger partial charge in [0.25, 0.3) is 0 Å². The van der Waals surface area contributed by atoms with E-state index in [9.17, 15) is 39.0 Å². The Kier molecular flexibility index (Phi) is 22.1. The second kappa shape index (κ2) is 23.9. The monoisotopic (exact) mass is 570 g/mol. The zero-order chi connectivity index (χ0) is 30.2. The molecule has 0 aliphatic carbocycles. The number of carbonyl (C=O) groups is 6. The van der Waals surface area contributed by atoms with E-state index in [4.69, 9.17) is 5.11 Å². The van der Waals surface area contributed by atoms with Crippen molar-refractivity contribution < 1.29 is 44.1 Å². The van der Waals surface area contributed by atoms with Crippen molar-refractivity contribution in [2.75, 3.05) is 0 Å². The summed E-state index contributed by atoms with van der Waals surface area (Å²) in [5, 5.41) is 31.9. The van der Waals surface area contributed by atoms with Gasteiger partial charge in [0.2, 0.25) is 11.8 Å². The maximum Gasteiger partial charge on any atom is 0.326 e. The molecule has 11 heteroatoms. The van der Waals surface area contributed by atoms with Gasteiger partial charge in [0, 0.05) is 25.7 Å². The molecule has 5 N–H and O–H groups in total. The molecular formula is C29H50N2O9. The zero-order valence-electron chi connectivity index (χ0n) is 24.1. The predicted molar refractivity (Wildman–Crippen MR) is 150 cm³/mol. The number of hydrogen-bond donors (Lipinski definition) is 5. The van der Waals surface area contributed by atoms with Crippen LogP contribution in [0.25, 0.3) is 0 Å². The molecule has 0 fully saturated rings. The number of Topliss-reactive ketones (excluding diaryl/α,β-unsaturated/α-hetero) is 1. The number of carbonyl (C=O) groups excluding carboxylic acids is 3. The molecule has 230 valence electrons. The van der Waals surface area contributed by atoms with Gasteiger partial charge in [-0.25, -0.2) is 9.59 Å². The number of carboxylic acid groups (broad SMARTS) is 3. The summed E-state index contributed by atoms with van der Waals surface area (Å²) in [6.45, 7) is 1.32. The number of ketones is 1. The third-order valence-electron chi connectivity index (χ3n) is 6.76. The first-order valence-electron chi connectivity index (χ1n) is 14.8. The van der Waals surface area contributed by atoms with Gasteiger partial charge in [0.1, 0.15) is 17.9 Å². The molecule has 40 heavy (non-hydrogen) atoms. The van der Waals surface area contributed by atoms with Crippen molar-refractivity contribution >= 4 is 35.5 Å². The van der Waals surface area contributed by atoms with Crippen molar-refractivity contribution in [3.8, 4) is 0 Å². The number of carboxylic acids is 3. The summed E-state index contributed by atoms with van der Waals surface area (Å²) in [7, 11) is 0. The Morgan fingerprint density at radius 3 is 1.15 bits per heavy atom. The highest BCUT2D eigenvalue weighted by atomic mass is 16.4. The van der Waals surface area contributed by atoms with Crippen molar-refractivity contribution in [2.24, 2.45) is 0 Å². The molecule has 0 spiro atoms. The minimum absolute atomic E-state index is 0.00592. The van der Waals surface area contributed by atoms with Crippen LogP contribution in [-0.2, 0) is 28.8 Å². The normalized spacial score (nSPS) is 12.3. The van der Waals surface area contributed by atoms with Gasteiger partial charge in [0.05, 0.1) is 0 Å². The molecule has 0 bridgehead atoms. The molecule has 0 aromatic carbocycles. The number of amides is 2. The third-order valence-corrected chi connectivity index (χ3v) is 6.76. The molecule has 0 rings (SSSR count). The lowest BCUT2D eigenvalue weighted by Gasteiger charge is -2.16. The van der Waals surface area contributed by atoms with Gasteiger partial charge in [-0.2, -0.15) is 0 Å². The van der Waals surface area contributed by atoms with Gasteiger partial charge < -0.3 is 30.7 Å². The van der Waals surface area contributed by atoms with Gasteiger partial charge in [-0.15, -0.1) is 0 Å². The molecule has 0 aliphatic heterocycles. The second-order valence-corrected chi connectivity index (χ2v) is 10.5. The fraction of sp³-hybridized carbons (Fsp3) is 0.793. The molecule has 0 saturated heterocycles. The van der Waals surface area contributed by atoms with Crippen LogP contribution in [0, 0.1) is 0 Å². The van der Waals surface area contributed by atoms with Crippen LogP contribution in [0.4, 0.5) is 0 Å². The van der Waals surface area contributed by atoms with Crippen LogP contribution in [-0.4, -0.2) is 62.9 Å². The second-order valence-electron chi connectivity index (χ2n) is 10.5. The van der Waals surface area contributed by atoms with Crippen LogP contribution in [0.5, 0.6) is 0 Å². The molecule has 0 saturated carbocycles. The van der Waals surface area contributed by atoms with Crippen molar-refractivity contribution in [3.63, 3.8) is 0 Å². The lowest BCUT2D eigenvalue weighted by Crippen LogP contribution is -2.44. The summed E-state index contributed by atoms with van der Waals surface area (Å²) < 4.78 is 0. The van der Waals surface area contributed by atoms with Crippen molar-refractivity contribution in [1.82, 2.24) is 10.6 Å². The first-order chi connectivity index (χ1) is 19.0. The molecule has 1 unspecified atom stereocenters. The number of unbranched alkanes of at least 4 members (excludes halogenated alkanes) is 13. The van der Waals surface area contributed by atoms with Gasteiger partial charge >= 0.3 is 17.9 Å². The highest BCUT2D eigenvalue weighted by molar-refractivity contribution is 5.86. The largest absolute Gasteiger partial charge is 0.481 e. The maximum absolute atomic E-state index is 12.2. The summed E-state index contributed by atoms with van der Waals surface area (Å²) in [5.41, 5.74) is 0. The fourth-order valence-corrected chi connectivity index (χ4v) is 4.35. The first kappa shape index (κ1) is 37.0. The average molecular weight is 571 g/mol. The minimum Gasteiger partial charge on any atom is -0.481 e. The van der Waals surface area contributed by atoms with Crippen LogP contribution < -0.4 is 10.6 Å². The number of rotatable bonds is 27. The van der Waals surface area contributed by atoms with Crippen LogP contribution >= 0.6 is 0 Å². The summed E-state index contributed by atoms with van der Waals surface area (Å²) in [4.78, 5) is 68.5. The van der Waals surface area contributed by atoms with Crippen LogP contribution in [0.15, 0.2) is 0 Å². The number of aliphatic carboxylic acids is 3. The molecule has 2 atom stereocenters. The molecule has 11 nitrogen and oxygen atoms in total. The van der Waals surface area contributed by atoms with E-state index in [1.54, 1.807) is 0 Å². The van der Waals surface area contributed by atoms with E-state index in [2.05, 4.69) is 10.6 Å². The Bertz CT molecular complexity index is 785. The fourth-order valence-electron chi connectivity index (χ4n) is 4.35. The molecular weight excluding hydrogens is 520 g/mol. The Hall–Kier alpha value is -2.98. The van der Waals surface area contributed by atoms with Crippen LogP contribution in [0.3, 0.4) is 0 Å². The number of hydrogen-bond acceptors (Lipinski definition) is 6. The Labute approximate surface area is 237 Å². The predicted octanol–water partition coefficient (Wildman–Crippen LogP) is 4.60. The smallest absolute Gasteiger partial charge is 0.326 e. The Balaban J connectivity index is 3.87. The topological polar surface area (TPSA) is 187 Å². The Morgan fingerprint density at radius 1 is 0.475 bits per heavy atom. The molecule has 0 aliphatic rings. The third kappa shape index (κ3) is 23.0. The van der Waals surface area contributed by atoms with Crippen molar-refractivity contribution in [2.45, 2.75) is 147 Å². The summed E-state index contributed by atoms with van der Waals surface area (Å²) in [6, 6.07) is -2.47. The van der Waals surface area contributed by atoms with Gasteiger partial charge in [-0.1, -0.05) is 77.0 Å². The zero-order valence-corrected chi connectivity index (χ0v) is 24.1. The average Bonchev–Trinajstić information content (AvgIpc) is 2.87. The molecule has 0 aromatic rings. The lowest BCUT2D eigenvalue weighted by atomic mass is 10.0. The van der Waals surface area contributed by atoms with E-state index in [1.165, 1.54) is 45.4 Å². The van der Waals surface area contributed by atoms with Gasteiger partial charge in [-0.3, -0.25) is 14.4 Å². The van der Waals surface area contributed by atoms with E-state index in [-0.39, 0.29) is 50.2 Å². The summed E-state index contributed by atoms with van der Waals surface area (Å²) in [6.07, 6.45) is 14.9. The van der Waals surface area contributed by atoms with Crippen LogP contribution in [0.2, 0.25) is 0 Å². The maximum atomic E-state index is 12.2. The highest BCUT2D eigenvalue weighted by Crippen LogP contribution is 2.14. The lowest BCUT2D eigenvalue weighted by molar-refractivity contribution is -0.143. The van der Waals surface area contributed by atoms with E-state index in [1.807, 2.05) is 0 Å². The molecule has 2 amide bonds. The van der Waals surface area contributed by atoms with Crippen molar-refractivity contribution in [1.29, 1.82) is 0 Å². The SMILES string of the molecule is CC(=O)CCC(NC(=O)CC[C@H](NC(=O)CCCCCCCCCCCCCCCCC(=O)O)C(=O)O)C(=O)O. The van der Waals surface area contributed by atoms with E-state index < -0.39 is 35.9 Å². The minimum atomic E-state index is -1.27. The van der Waals surface area contributed by atoms with Crippen molar-refractivity contribution in [3.05, 3.63) is 0 Å².